The van der Waals surface area contributed by atoms with E-state index in [1.807, 2.05) is 6.34 Å². The average Bonchev–Trinajstić information content (AvgIpc) is 2.84. The maximum Gasteiger partial charge on any atom is 0.0912 e. The molecule has 3 rings (SSSR count). The minimum atomic E-state index is 0.308. The quantitative estimate of drug-likeness (QED) is 0.420. The number of nitrogens with zero attached hydrogens (tertiary/aromatic N) is 2. The van der Waals surface area contributed by atoms with Gasteiger partial charge in [-0.3, -0.25) is 0 Å². The van der Waals surface area contributed by atoms with Gasteiger partial charge in [-0.05, 0) is 91.3 Å². The number of hydrogen-bond donors (Lipinski definition) is 0. The van der Waals surface area contributed by atoms with Crippen LogP contribution in [0.5, 0.6) is 0 Å². The Hall–Kier alpha value is -2.09. The molecule has 0 heterocycles. The van der Waals surface area contributed by atoms with Gasteiger partial charge in [0.15, 0.2) is 0 Å². The maximum atomic E-state index is 4.71. The van der Waals surface area contributed by atoms with Crippen molar-refractivity contribution in [3.05, 3.63) is 63.7 Å². The molecule has 0 amide bonds. The summed E-state index contributed by atoms with van der Waals surface area (Å²) in [5, 5.41) is 0. The second kappa shape index (κ2) is 7.73. The van der Waals surface area contributed by atoms with Crippen LogP contribution in [0, 0.1) is 13.8 Å². The highest BCUT2D eigenvalue weighted by Crippen LogP contribution is 2.45. The van der Waals surface area contributed by atoms with E-state index >= 15 is 0 Å². The molecular formula is C26H36N2. The summed E-state index contributed by atoms with van der Waals surface area (Å²) >= 11 is 0. The molecule has 0 aromatic heterocycles. The Morgan fingerprint density at radius 2 is 1.86 bits per heavy atom. The van der Waals surface area contributed by atoms with Crippen LogP contribution in [0.3, 0.4) is 0 Å². The zero-order valence-corrected chi connectivity index (χ0v) is 18.9. The van der Waals surface area contributed by atoms with Gasteiger partial charge in [-0.15, -0.1) is 0 Å². The molecule has 0 fully saturated rings. The van der Waals surface area contributed by atoms with Crippen LogP contribution in [0.15, 0.2) is 35.3 Å². The van der Waals surface area contributed by atoms with Crippen LogP contribution in [-0.2, 0) is 11.8 Å². The van der Waals surface area contributed by atoms with Crippen LogP contribution in [0.1, 0.15) is 80.3 Å². The molecule has 150 valence electrons. The molecule has 0 saturated carbocycles. The predicted molar refractivity (Wildman–Crippen MR) is 122 cm³/mol. The lowest BCUT2D eigenvalue weighted by molar-refractivity contribution is 0.429. The SMILES string of the molecule is Cc1cc(/N=C\N(C)C(C)C)c(C)cc1Cc1ccc2c(c1)C(C)CC2(C)C. The fourth-order valence-electron chi connectivity index (χ4n) is 4.43. The molecule has 0 radical (unpaired) electrons. The van der Waals surface area contributed by atoms with E-state index in [0.717, 1.165) is 12.1 Å². The number of aryl methyl sites for hydroxylation is 2. The number of hydrogen-bond acceptors (Lipinski definition) is 1. The normalized spacial score (nSPS) is 18.1. The summed E-state index contributed by atoms with van der Waals surface area (Å²) in [6.45, 7) is 15.8. The molecule has 2 nitrogen and oxygen atoms in total. The molecule has 0 aliphatic heterocycles. The van der Waals surface area contributed by atoms with E-state index in [1.54, 1.807) is 5.56 Å². The van der Waals surface area contributed by atoms with Gasteiger partial charge in [0.2, 0.25) is 0 Å². The minimum Gasteiger partial charge on any atom is -0.363 e. The number of rotatable bonds is 5. The van der Waals surface area contributed by atoms with E-state index in [-0.39, 0.29) is 0 Å². The van der Waals surface area contributed by atoms with Crippen LogP contribution in [0.4, 0.5) is 5.69 Å². The first-order valence-corrected chi connectivity index (χ1v) is 10.6. The van der Waals surface area contributed by atoms with E-state index in [9.17, 15) is 0 Å². The van der Waals surface area contributed by atoms with Gasteiger partial charge in [0.25, 0.3) is 0 Å². The van der Waals surface area contributed by atoms with Crippen molar-refractivity contribution in [1.82, 2.24) is 4.90 Å². The Kier molecular flexibility index (Phi) is 5.70. The van der Waals surface area contributed by atoms with Crippen LogP contribution in [0.25, 0.3) is 0 Å². The highest BCUT2D eigenvalue weighted by Gasteiger charge is 2.34. The van der Waals surface area contributed by atoms with Crippen molar-refractivity contribution in [2.24, 2.45) is 4.99 Å². The molecule has 28 heavy (non-hydrogen) atoms. The highest BCUT2D eigenvalue weighted by molar-refractivity contribution is 5.64. The molecule has 1 atom stereocenters. The highest BCUT2D eigenvalue weighted by atomic mass is 15.1. The zero-order chi connectivity index (χ0) is 20.6. The Bertz CT molecular complexity index is 890. The van der Waals surface area contributed by atoms with Gasteiger partial charge in [0.1, 0.15) is 0 Å². The van der Waals surface area contributed by atoms with E-state index in [4.69, 9.17) is 4.99 Å². The lowest BCUT2D eigenvalue weighted by Crippen LogP contribution is -2.24. The predicted octanol–water partition coefficient (Wildman–Crippen LogP) is 6.68. The summed E-state index contributed by atoms with van der Waals surface area (Å²) in [7, 11) is 2.07. The van der Waals surface area contributed by atoms with Crippen LogP contribution < -0.4 is 0 Å². The van der Waals surface area contributed by atoms with Crippen molar-refractivity contribution >= 4 is 12.0 Å². The minimum absolute atomic E-state index is 0.308. The maximum absolute atomic E-state index is 4.71. The average molecular weight is 377 g/mol. The Morgan fingerprint density at radius 1 is 1.14 bits per heavy atom. The fraction of sp³-hybridized carbons (Fsp3) is 0.500. The number of benzene rings is 2. The number of fused-ring (bicyclic) bond motifs is 1. The van der Waals surface area contributed by atoms with Crippen LogP contribution >= 0.6 is 0 Å². The van der Waals surface area contributed by atoms with Gasteiger partial charge < -0.3 is 4.90 Å². The molecule has 0 spiro atoms. The van der Waals surface area contributed by atoms with Gasteiger partial charge in [0.05, 0.1) is 12.0 Å². The Balaban J connectivity index is 1.84. The van der Waals surface area contributed by atoms with E-state index in [1.165, 1.54) is 34.2 Å². The molecular weight excluding hydrogens is 340 g/mol. The lowest BCUT2D eigenvalue weighted by Gasteiger charge is -2.19. The van der Waals surface area contributed by atoms with E-state index < -0.39 is 0 Å². The summed E-state index contributed by atoms with van der Waals surface area (Å²) in [6.07, 6.45) is 4.18. The van der Waals surface area contributed by atoms with Crippen molar-refractivity contribution in [2.75, 3.05) is 7.05 Å². The monoisotopic (exact) mass is 376 g/mol. The third kappa shape index (κ3) is 4.16. The smallest absolute Gasteiger partial charge is 0.0912 e. The van der Waals surface area contributed by atoms with Gasteiger partial charge in [-0.2, -0.15) is 0 Å². The molecule has 2 aromatic carbocycles. The van der Waals surface area contributed by atoms with Crippen molar-refractivity contribution in [1.29, 1.82) is 0 Å². The van der Waals surface area contributed by atoms with Crippen molar-refractivity contribution in [3.8, 4) is 0 Å². The van der Waals surface area contributed by atoms with Crippen LogP contribution in [0.2, 0.25) is 0 Å². The second-order valence-corrected chi connectivity index (χ2v) is 9.66. The molecule has 1 aliphatic rings. The van der Waals surface area contributed by atoms with Gasteiger partial charge >= 0.3 is 0 Å². The van der Waals surface area contributed by atoms with Gasteiger partial charge in [-0.25, -0.2) is 4.99 Å². The molecule has 1 aliphatic carbocycles. The van der Waals surface area contributed by atoms with E-state index in [0.29, 0.717) is 17.4 Å². The zero-order valence-electron chi connectivity index (χ0n) is 18.9. The largest absolute Gasteiger partial charge is 0.363 e. The Morgan fingerprint density at radius 3 is 2.54 bits per heavy atom. The fourth-order valence-corrected chi connectivity index (χ4v) is 4.43. The third-order valence-corrected chi connectivity index (χ3v) is 6.44. The first-order chi connectivity index (χ1) is 13.1. The summed E-state index contributed by atoms with van der Waals surface area (Å²) in [4.78, 5) is 6.84. The lowest BCUT2D eigenvalue weighted by atomic mass is 9.85. The first-order valence-electron chi connectivity index (χ1n) is 10.6. The summed E-state index contributed by atoms with van der Waals surface area (Å²) in [6, 6.07) is 12.2. The molecule has 0 N–H and O–H groups in total. The topological polar surface area (TPSA) is 15.6 Å². The summed E-state index contributed by atoms with van der Waals surface area (Å²) < 4.78 is 0. The number of aliphatic imine (C=N–C) groups is 1. The molecule has 2 aromatic rings. The van der Waals surface area contributed by atoms with Crippen molar-refractivity contribution in [3.63, 3.8) is 0 Å². The standard InChI is InChI=1S/C26H36N2/c1-17(2)28(8)16-27-25-12-18(3)22(11-19(25)4)13-21-9-10-24-23(14-21)20(5)15-26(24,6)7/h9-12,14,16-17,20H,13,15H2,1-8H3/b27-16-. The second-order valence-electron chi connectivity index (χ2n) is 9.66. The molecule has 2 heteroatoms. The van der Waals surface area contributed by atoms with Crippen LogP contribution in [-0.4, -0.2) is 24.3 Å². The summed E-state index contributed by atoms with van der Waals surface area (Å²) in [5.74, 6) is 0.655. The first kappa shape index (κ1) is 20.6. The summed E-state index contributed by atoms with van der Waals surface area (Å²) in [5.41, 5.74) is 9.84. The molecule has 1 unspecified atom stereocenters. The third-order valence-electron chi connectivity index (χ3n) is 6.44. The molecule has 0 saturated heterocycles. The van der Waals surface area contributed by atoms with Gasteiger partial charge in [0, 0.05) is 13.1 Å². The molecule has 0 bridgehead atoms. The van der Waals surface area contributed by atoms with Crippen molar-refractivity contribution in [2.45, 2.75) is 78.7 Å². The Labute approximate surface area is 171 Å². The van der Waals surface area contributed by atoms with E-state index in [2.05, 4.69) is 90.7 Å². The van der Waals surface area contributed by atoms with Gasteiger partial charge in [-0.1, -0.05) is 45.0 Å². The van der Waals surface area contributed by atoms with Crippen molar-refractivity contribution < 1.29 is 0 Å².